The molecule has 6 heteroatoms. The van der Waals surface area contributed by atoms with Gasteiger partial charge in [0.15, 0.2) is 0 Å². The zero-order valence-corrected chi connectivity index (χ0v) is 9.97. The first-order chi connectivity index (χ1) is 8.09. The number of ether oxygens (including phenoxy) is 1. The first kappa shape index (κ1) is 12.1. The summed E-state index contributed by atoms with van der Waals surface area (Å²) in [7, 11) is 0. The van der Waals surface area contributed by atoms with Gasteiger partial charge in [-0.25, -0.2) is 0 Å². The van der Waals surface area contributed by atoms with Crippen molar-refractivity contribution in [1.29, 1.82) is 0 Å². The molecule has 1 unspecified atom stereocenters. The van der Waals surface area contributed by atoms with E-state index in [1.165, 1.54) is 0 Å². The second kappa shape index (κ2) is 4.85. The highest BCUT2D eigenvalue weighted by Crippen LogP contribution is 2.18. The van der Waals surface area contributed by atoms with Gasteiger partial charge in [-0.15, -0.1) is 0 Å². The molecule has 0 spiro atoms. The van der Waals surface area contributed by atoms with E-state index >= 15 is 0 Å². The number of carbonyl (C=O) groups is 1. The largest absolute Gasteiger partial charge is 0.480 e. The molecular formula is C11H16N2O4. The van der Waals surface area contributed by atoms with E-state index in [4.69, 9.17) is 14.4 Å². The van der Waals surface area contributed by atoms with Gasteiger partial charge in [-0.1, -0.05) is 5.16 Å². The maximum Gasteiger partial charge on any atom is 0.323 e. The number of aliphatic carboxylic acids is 1. The SMILES string of the molecule is Cc1noc(C)c1CN1CCOCC1C(=O)O. The van der Waals surface area contributed by atoms with Gasteiger partial charge < -0.3 is 14.4 Å². The Bertz CT molecular complexity index is 396. The third-order valence-corrected chi connectivity index (χ3v) is 3.07. The molecule has 0 amide bonds. The van der Waals surface area contributed by atoms with Gasteiger partial charge >= 0.3 is 5.97 Å². The minimum Gasteiger partial charge on any atom is -0.480 e. The monoisotopic (exact) mass is 240 g/mol. The average Bonchev–Trinajstić information content (AvgIpc) is 2.61. The lowest BCUT2D eigenvalue weighted by Gasteiger charge is -2.32. The smallest absolute Gasteiger partial charge is 0.323 e. The summed E-state index contributed by atoms with van der Waals surface area (Å²) in [5, 5.41) is 13.0. The van der Waals surface area contributed by atoms with Crippen molar-refractivity contribution in [3.05, 3.63) is 17.0 Å². The first-order valence-corrected chi connectivity index (χ1v) is 5.56. The van der Waals surface area contributed by atoms with Crippen LogP contribution >= 0.6 is 0 Å². The summed E-state index contributed by atoms with van der Waals surface area (Å²) in [6.45, 7) is 5.65. The van der Waals surface area contributed by atoms with E-state index in [1.807, 2.05) is 18.7 Å². The van der Waals surface area contributed by atoms with Crippen molar-refractivity contribution < 1.29 is 19.2 Å². The van der Waals surface area contributed by atoms with Crippen molar-refractivity contribution in [3.63, 3.8) is 0 Å². The molecule has 0 radical (unpaired) electrons. The molecule has 1 aromatic heterocycles. The summed E-state index contributed by atoms with van der Waals surface area (Å²) in [6, 6.07) is -0.586. The zero-order valence-electron chi connectivity index (χ0n) is 9.97. The number of hydrogen-bond donors (Lipinski definition) is 1. The van der Waals surface area contributed by atoms with Gasteiger partial charge in [-0.2, -0.15) is 0 Å². The highest BCUT2D eigenvalue weighted by Gasteiger charge is 2.30. The summed E-state index contributed by atoms with van der Waals surface area (Å²) < 4.78 is 10.3. The number of aryl methyl sites for hydroxylation is 2. The summed E-state index contributed by atoms with van der Waals surface area (Å²) in [5.41, 5.74) is 1.79. The fourth-order valence-electron chi connectivity index (χ4n) is 1.99. The van der Waals surface area contributed by atoms with Crippen LogP contribution in [0.1, 0.15) is 17.0 Å². The molecule has 0 bridgehead atoms. The summed E-state index contributed by atoms with van der Waals surface area (Å²) in [4.78, 5) is 13.0. The molecule has 0 saturated carbocycles. The molecule has 1 N–H and O–H groups in total. The van der Waals surface area contributed by atoms with E-state index in [0.29, 0.717) is 19.7 Å². The highest BCUT2D eigenvalue weighted by atomic mass is 16.5. The van der Waals surface area contributed by atoms with Crippen LogP contribution in [0.15, 0.2) is 4.52 Å². The van der Waals surface area contributed by atoms with Crippen molar-refractivity contribution in [2.75, 3.05) is 19.8 Å². The number of carboxylic acids is 1. The molecule has 0 aromatic carbocycles. The third-order valence-electron chi connectivity index (χ3n) is 3.07. The normalized spacial score (nSPS) is 21.6. The second-order valence-electron chi connectivity index (χ2n) is 4.20. The number of morpholine rings is 1. The molecular weight excluding hydrogens is 224 g/mol. The maximum atomic E-state index is 11.1. The van der Waals surface area contributed by atoms with Crippen LogP contribution in [0, 0.1) is 13.8 Å². The van der Waals surface area contributed by atoms with Crippen molar-refractivity contribution in [2.45, 2.75) is 26.4 Å². The predicted octanol–water partition coefficient (Wildman–Crippen LogP) is 0.577. The number of carboxylic acid groups (broad SMARTS) is 1. The Morgan fingerprint density at radius 3 is 2.94 bits per heavy atom. The second-order valence-corrected chi connectivity index (χ2v) is 4.20. The predicted molar refractivity (Wildman–Crippen MR) is 58.6 cm³/mol. The molecule has 1 aliphatic heterocycles. The van der Waals surface area contributed by atoms with Gasteiger partial charge in [-0.3, -0.25) is 9.69 Å². The third kappa shape index (κ3) is 2.48. The van der Waals surface area contributed by atoms with E-state index < -0.39 is 12.0 Å². The Balaban J connectivity index is 2.13. The minimum atomic E-state index is -0.850. The average molecular weight is 240 g/mol. The van der Waals surface area contributed by atoms with Crippen LogP contribution in [0.2, 0.25) is 0 Å². The van der Waals surface area contributed by atoms with E-state index in [2.05, 4.69) is 5.16 Å². The van der Waals surface area contributed by atoms with E-state index in [0.717, 1.165) is 17.0 Å². The van der Waals surface area contributed by atoms with Crippen molar-refractivity contribution >= 4 is 5.97 Å². The van der Waals surface area contributed by atoms with Gasteiger partial charge in [0.05, 0.1) is 18.9 Å². The molecule has 2 rings (SSSR count). The van der Waals surface area contributed by atoms with Gasteiger partial charge in [0.25, 0.3) is 0 Å². The number of rotatable bonds is 3. The van der Waals surface area contributed by atoms with Gasteiger partial charge in [-0.05, 0) is 13.8 Å². The summed E-state index contributed by atoms with van der Waals surface area (Å²) >= 11 is 0. The van der Waals surface area contributed by atoms with E-state index in [1.54, 1.807) is 0 Å². The lowest BCUT2D eigenvalue weighted by molar-refractivity contribution is -0.150. The first-order valence-electron chi connectivity index (χ1n) is 5.56. The molecule has 1 aliphatic rings. The van der Waals surface area contributed by atoms with Crippen molar-refractivity contribution in [2.24, 2.45) is 0 Å². The Morgan fingerprint density at radius 1 is 1.59 bits per heavy atom. The molecule has 1 saturated heterocycles. The van der Waals surface area contributed by atoms with Crippen LogP contribution in [0.4, 0.5) is 0 Å². The lowest BCUT2D eigenvalue weighted by Crippen LogP contribution is -2.49. The lowest BCUT2D eigenvalue weighted by atomic mass is 10.1. The molecule has 1 fully saturated rings. The van der Waals surface area contributed by atoms with Gasteiger partial charge in [0.1, 0.15) is 11.8 Å². The number of aromatic nitrogens is 1. The summed E-state index contributed by atoms with van der Waals surface area (Å²) in [6.07, 6.45) is 0. The Labute approximate surface area is 99.1 Å². The molecule has 2 heterocycles. The topological polar surface area (TPSA) is 75.8 Å². The highest BCUT2D eigenvalue weighted by molar-refractivity contribution is 5.73. The van der Waals surface area contributed by atoms with Crippen molar-refractivity contribution in [1.82, 2.24) is 10.1 Å². The van der Waals surface area contributed by atoms with Crippen LogP contribution in [-0.4, -0.2) is 46.9 Å². The Hall–Kier alpha value is -1.40. The fraction of sp³-hybridized carbons (Fsp3) is 0.636. The van der Waals surface area contributed by atoms with Gasteiger partial charge in [0, 0.05) is 18.7 Å². The zero-order chi connectivity index (χ0) is 12.4. The fourth-order valence-corrected chi connectivity index (χ4v) is 1.99. The maximum absolute atomic E-state index is 11.1. The Morgan fingerprint density at radius 2 is 2.35 bits per heavy atom. The number of hydrogen-bond acceptors (Lipinski definition) is 5. The van der Waals surface area contributed by atoms with Crippen LogP contribution in [0.25, 0.3) is 0 Å². The Kier molecular flexibility index (Phi) is 3.44. The van der Waals surface area contributed by atoms with Crippen LogP contribution in [0.5, 0.6) is 0 Å². The summed E-state index contributed by atoms with van der Waals surface area (Å²) in [5.74, 6) is -0.102. The standard InChI is InChI=1S/C11H16N2O4/c1-7-9(8(2)17-12-7)5-13-3-4-16-6-10(13)11(14)15/h10H,3-6H2,1-2H3,(H,14,15). The number of nitrogens with zero attached hydrogens (tertiary/aromatic N) is 2. The van der Waals surface area contributed by atoms with Crippen molar-refractivity contribution in [3.8, 4) is 0 Å². The van der Waals surface area contributed by atoms with Crippen LogP contribution in [0.3, 0.4) is 0 Å². The quantitative estimate of drug-likeness (QED) is 0.832. The molecule has 1 aromatic rings. The van der Waals surface area contributed by atoms with Crippen LogP contribution < -0.4 is 0 Å². The molecule has 94 valence electrons. The minimum absolute atomic E-state index is 0.235. The molecule has 6 nitrogen and oxygen atoms in total. The molecule has 1 atom stereocenters. The molecule has 17 heavy (non-hydrogen) atoms. The van der Waals surface area contributed by atoms with E-state index in [9.17, 15) is 4.79 Å². The van der Waals surface area contributed by atoms with Crippen LogP contribution in [-0.2, 0) is 16.1 Å². The van der Waals surface area contributed by atoms with Gasteiger partial charge in [0.2, 0.25) is 0 Å². The van der Waals surface area contributed by atoms with E-state index in [-0.39, 0.29) is 6.61 Å². The molecule has 0 aliphatic carbocycles.